The lowest BCUT2D eigenvalue weighted by Gasteiger charge is -2.38. The van der Waals surface area contributed by atoms with Crippen molar-refractivity contribution in [3.05, 3.63) is 12.2 Å². The molecule has 0 bridgehead atoms. The highest BCUT2D eigenvalue weighted by molar-refractivity contribution is 6.74. The van der Waals surface area contributed by atoms with Gasteiger partial charge >= 0.3 is 0 Å². The molecule has 0 amide bonds. The van der Waals surface area contributed by atoms with Gasteiger partial charge in [-0.25, -0.2) is 0 Å². The number of hydrogen-bond donors (Lipinski definition) is 1. The summed E-state index contributed by atoms with van der Waals surface area (Å²) in [5, 5.41) is 9.89. The Labute approximate surface area is 98.6 Å². The van der Waals surface area contributed by atoms with E-state index in [0.29, 0.717) is 12.7 Å². The molecule has 1 rings (SSSR count). The van der Waals surface area contributed by atoms with Crippen molar-refractivity contribution < 1.29 is 14.3 Å². The third kappa shape index (κ3) is 2.81. The van der Waals surface area contributed by atoms with Crippen LogP contribution in [0.4, 0.5) is 0 Å². The van der Waals surface area contributed by atoms with E-state index in [1.807, 2.05) is 0 Å². The van der Waals surface area contributed by atoms with Crippen molar-refractivity contribution in [1.29, 1.82) is 0 Å². The number of aldehydes is 1. The molecule has 16 heavy (non-hydrogen) atoms. The number of rotatable bonds is 3. The largest absolute Gasteiger partial charge is 0.410 e. The predicted octanol–water partition coefficient (Wildman–Crippen LogP) is 2.27. The van der Waals surface area contributed by atoms with Crippen molar-refractivity contribution in [2.45, 2.75) is 57.0 Å². The number of hydrogen-bond acceptors (Lipinski definition) is 3. The summed E-state index contributed by atoms with van der Waals surface area (Å²) >= 11 is 0. The van der Waals surface area contributed by atoms with Crippen LogP contribution in [0.25, 0.3) is 0 Å². The first-order valence-electron chi connectivity index (χ1n) is 5.65. The van der Waals surface area contributed by atoms with Crippen molar-refractivity contribution in [3.63, 3.8) is 0 Å². The topological polar surface area (TPSA) is 46.5 Å². The van der Waals surface area contributed by atoms with Crippen LogP contribution in [-0.2, 0) is 9.22 Å². The highest BCUT2D eigenvalue weighted by Crippen LogP contribution is 2.39. The maximum absolute atomic E-state index is 10.7. The summed E-state index contributed by atoms with van der Waals surface area (Å²) in [6, 6.07) is 0. The molecule has 0 unspecified atom stereocenters. The molecule has 0 radical (unpaired) electrons. The Balaban J connectivity index is 2.66. The standard InChI is InChI=1S/C12H22O3Si/c1-11(2,3)16(4,5)15-10-6-7-12(14,8-10)9-13/h6-7,9-10,14H,8H2,1-5H3/t10-,12+/m0/s1. The molecule has 0 heterocycles. The molecule has 2 atom stereocenters. The zero-order valence-corrected chi connectivity index (χ0v) is 11.8. The van der Waals surface area contributed by atoms with Crippen molar-refractivity contribution in [3.8, 4) is 0 Å². The highest BCUT2D eigenvalue weighted by Gasteiger charge is 2.41. The SMILES string of the molecule is CC(C)(C)[Si](C)(C)O[C@H]1C=C[C@](O)(C=O)C1. The lowest BCUT2D eigenvalue weighted by Crippen LogP contribution is -2.44. The van der Waals surface area contributed by atoms with E-state index in [4.69, 9.17) is 4.43 Å². The van der Waals surface area contributed by atoms with Crippen LogP contribution in [0.5, 0.6) is 0 Å². The molecule has 0 aromatic heterocycles. The first kappa shape index (κ1) is 13.6. The van der Waals surface area contributed by atoms with Gasteiger partial charge in [0, 0.05) is 6.42 Å². The summed E-state index contributed by atoms with van der Waals surface area (Å²) in [6.45, 7) is 10.8. The fraction of sp³-hybridized carbons (Fsp3) is 0.750. The Bertz CT molecular complexity index is 304. The molecule has 4 heteroatoms. The first-order valence-corrected chi connectivity index (χ1v) is 8.56. The van der Waals surface area contributed by atoms with E-state index in [1.54, 1.807) is 6.08 Å². The summed E-state index contributed by atoms with van der Waals surface area (Å²) in [7, 11) is -1.82. The molecule has 1 aliphatic carbocycles. The van der Waals surface area contributed by atoms with E-state index >= 15 is 0 Å². The van der Waals surface area contributed by atoms with E-state index in [-0.39, 0.29) is 11.1 Å². The van der Waals surface area contributed by atoms with Gasteiger partial charge in [-0.3, -0.25) is 4.79 Å². The van der Waals surface area contributed by atoms with Gasteiger partial charge in [0.2, 0.25) is 0 Å². The van der Waals surface area contributed by atoms with Crippen LogP contribution in [0.1, 0.15) is 27.2 Å². The molecule has 0 fully saturated rings. The Morgan fingerprint density at radius 2 is 2.06 bits per heavy atom. The minimum atomic E-state index is -1.82. The third-order valence-electron chi connectivity index (χ3n) is 3.58. The lowest BCUT2D eigenvalue weighted by atomic mass is 10.1. The van der Waals surface area contributed by atoms with Crippen LogP contribution < -0.4 is 0 Å². The second kappa shape index (κ2) is 4.09. The molecule has 0 aliphatic heterocycles. The molecule has 0 aromatic rings. The van der Waals surface area contributed by atoms with E-state index in [1.165, 1.54) is 6.08 Å². The Morgan fingerprint density at radius 3 is 2.44 bits per heavy atom. The van der Waals surface area contributed by atoms with E-state index < -0.39 is 13.9 Å². The molecule has 0 saturated carbocycles. The van der Waals surface area contributed by atoms with Crippen molar-refractivity contribution in [2.24, 2.45) is 0 Å². The maximum Gasteiger partial charge on any atom is 0.192 e. The smallest absolute Gasteiger partial charge is 0.192 e. The molecule has 0 spiro atoms. The molecule has 92 valence electrons. The predicted molar refractivity (Wildman–Crippen MR) is 66.8 cm³/mol. The van der Waals surface area contributed by atoms with Gasteiger partial charge in [0.1, 0.15) is 5.60 Å². The van der Waals surface area contributed by atoms with Crippen LogP contribution in [0.15, 0.2) is 12.2 Å². The third-order valence-corrected chi connectivity index (χ3v) is 8.09. The van der Waals surface area contributed by atoms with Crippen molar-refractivity contribution in [2.75, 3.05) is 0 Å². The quantitative estimate of drug-likeness (QED) is 0.469. The number of carbonyl (C=O) groups is 1. The first-order chi connectivity index (χ1) is 7.10. The van der Waals surface area contributed by atoms with Crippen LogP contribution in [0.2, 0.25) is 18.1 Å². The van der Waals surface area contributed by atoms with Gasteiger partial charge in [-0.1, -0.05) is 26.8 Å². The van der Waals surface area contributed by atoms with Crippen LogP contribution in [0.3, 0.4) is 0 Å². The summed E-state index contributed by atoms with van der Waals surface area (Å²) in [5.74, 6) is 0. The normalized spacial score (nSPS) is 30.8. The van der Waals surface area contributed by atoms with Crippen LogP contribution in [-0.4, -0.2) is 31.4 Å². The number of aliphatic hydroxyl groups is 1. The maximum atomic E-state index is 10.7. The van der Waals surface area contributed by atoms with Gasteiger partial charge in [-0.05, 0) is 24.2 Å². The average Bonchev–Trinajstić information content (AvgIpc) is 2.46. The van der Waals surface area contributed by atoms with Gasteiger partial charge in [0.05, 0.1) is 6.10 Å². The fourth-order valence-corrected chi connectivity index (χ4v) is 2.73. The Morgan fingerprint density at radius 1 is 1.50 bits per heavy atom. The highest BCUT2D eigenvalue weighted by atomic mass is 28.4. The van der Waals surface area contributed by atoms with Gasteiger partial charge in [-0.2, -0.15) is 0 Å². The minimum absolute atomic E-state index is 0.129. The van der Waals surface area contributed by atoms with Crippen LogP contribution in [0, 0.1) is 0 Å². The molecule has 0 saturated heterocycles. The van der Waals surface area contributed by atoms with Crippen molar-refractivity contribution in [1.82, 2.24) is 0 Å². The van der Waals surface area contributed by atoms with E-state index in [0.717, 1.165) is 0 Å². The average molecular weight is 242 g/mol. The molecule has 0 aromatic carbocycles. The Kier molecular flexibility index (Phi) is 3.48. The molecular formula is C12H22O3Si. The second-order valence-corrected chi connectivity index (χ2v) is 10.8. The van der Waals surface area contributed by atoms with Gasteiger partial charge < -0.3 is 9.53 Å². The minimum Gasteiger partial charge on any atom is -0.410 e. The summed E-state index contributed by atoms with van der Waals surface area (Å²) in [4.78, 5) is 10.7. The van der Waals surface area contributed by atoms with Crippen LogP contribution >= 0.6 is 0 Å². The molecule has 3 nitrogen and oxygen atoms in total. The summed E-state index contributed by atoms with van der Waals surface area (Å²) in [5.41, 5.74) is -1.31. The zero-order valence-electron chi connectivity index (χ0n) is 10.8. The van der Waals surface area contributed by atoms with E-state index in [2.05, 4.69) is 33.9 Å². The second-order valence-electron chi connectivity index (χ2n) is 6.09. The van der Waals surface area contributed by atoms with Gasteiger partial charge in [-0.15, -0.1) is 0 Å². The lowest BCUT2D eigenvalue weighted by molar-refractivity contribution is -0.120. The fourth-order valence-electron chi connectivity index (χ4n) is 1.46. The Hall–Kier alpha value is -0.453. The van der Waals surface area contributed by atoms with E-state index in [9.17, 15) is 9.90 Å². The monoisotopic (exact) mass is 242 g/mol. The zero-order chi connectivity index (χ0) is 12.6. The van der Waals surface area contributed by atoms with Crippen molar-refractivity contribution >= 4 is 14.6 Å². The molecular weight excluding hydrogens is 220 g/mol. The van der Waals surface area contributed by atoms with Gasteiger partial charge in [0.15, 0.2) is 14.6 Å². The van der Waals surface area contributed by atoms with Gasteiger partial charge in [0.25, 0.3) is 0 Å². The summed E-state index contributed by atoms with van der Waals surface area (Å²) in [6.07, 6.45) is 4.14. The number of carbonyl (C=O) groups excluding carboxylic acids is 1. The summed E-state index contributed by atoms with van der Waals surface area (Å²) < 4.78 is 6.09. The molecule has 1 N–H and O–H groups in total. The molecule has 1 aliphatic rings.